The normalized spacial score (nSPS) is 12.3. The van der Waals surface area contributed by atoms with Crippen molar-refractivity contribution in [2.24, 2.45) is 0 Å². The molecule has 11 heteroatoms. The van der Waals surface area contributed by atoms with Crippen LogP contribution in [0.3, 0.4) is 0 Å². The Bertz CT molecular complexity index is 1250. The molecule has 0 N–H and O–H groups in total. The molecule has 0 bridgehead atoms. The van der Waals surface area contributed by atoms with Crippen molar-refractivity contribution in [2.45, 2.75) is 32.7 Å². The van der Waals surface area contributed by atoms with Gasteiger partial charge in [-0.3, -0.25) is 9.59 Å². The number of aromatic nitrogens is 2. The van der Waals surface area contributed by atoms with Crippen LogP contribution < -0.4 is 5.56 Å². The molecule has 0 unspecified atom stereocenters. The fourth-order valence-corrected chi connectivity index (χ4v) is 3.60. The largest absolute Gasteiger partial charge is 0.417 e. The third-order valence-electron chi connectivity index (χ3n) is 4.85. The van der Waals surface area contributed by atoms with E-state index in [4.69, 9.17) is 11.6 Å². The van der Waals surface area contributed by atoms with Crippen LogP contribution in [0.25, 0.3) is 5.69 Å². The smallest absolute Gasteiger partial charge is 0.318 e. The number of halogens is 7. The molecule has 0 saturated carbocycles. The summed E-state index contributed by atoms with van der Waals surface area (Å²) in [6, 6.07) is 6.37. The van der Waals surface area contributed by atoms with Gasteiger partial charge in [0.2, 0.25) is 0 Å². The number of pyridine rings is 1. The highest BCUT2D eigenvalue weighted by atomic mass is 35.5. The van der Waals surface area contributed by atoms with Gasteiger partial charge in [0.15, 0.2) is 5.78 Å². The number of ketones is 1. The molecule has 4 nitrogen and oxygen atoms in total. The fraction of sp³-hybridized carbons (Fsp3) is 0.238. The van der Waals surface area contributed by atoms with Crippen LogP contribution in [-0.4, -0.2) is 14.9 Å². The summed E-state index contributed by atoms with van der Waals surface area (Å²) in [6.07, 6.45) is -8.84. The van der Waals surface area contributed by atoms with Gasteiger partial charge in [0.25, 0.3) is 5.56 Å². The Hall–Kier alpha value is -3.01. The molecule has 0 saturated heterocycles. The van der Waals surface area contributed by atoms with Gasteiger partial charge in [-0.1, -0.05) is 17.7 Å². The van der Waals surface area contributed by atoms with Gasteiger partial charge in [0.05, 0.1) is 17.7 Å². The number of Topliss-reactive ketones (excluding diaryl/α,β-unsaturated/α-hetero) is 1. The zero-order valence-corrected chi connectivity index (χ0v) is 17.4. The van der Waals surface area contributed by atoms with Crippen molar-refractivity contribution in [2.75, 3.05) is 0 Å². The molecule has 0 radical (unpaired) electrons. The molecule has 2 aromatic heterocycles. The van der Waals surface area contributed by atoms with Crippen molar-refractivity contribution < 1.29 is 31.1 Å². The molecule has 32 heavy (non-hydrogen) atoms. The third-order valence-corrected chi connectivity index (χ3v) is 5.12. The standard InChI is InChI=1S/C21H15ClF6N2O2/c1-11-6-16(12(2)30(11)15-5-3-4-13(7-15)20(23,24)25)18(31)10-29-9-14(21(26,27)28)8-17(22)19(29)32/h3-9H,10H2,1-2H3. The summed E-state index contributed by atoms with van der Waals surface area (Å²) < 4.78 is 80.2. The van der Waals surface area contributed by atoms with Crippen molar-refractivity contribution >= 4 is 17.4 Å². The number of rotatable bonds is 4. The molecule has 3 aromatic rings. The number of alkyl halides is 6. The van der Waals surface area contributed by atoms with Crippen molar-refractivity contribution in [3.05, 3.63) is 86.0 Å². The Morgan fingerprint density at radius 3 is 2.19 bits per heavy atom. The summed E-state index contributed by atoms with van der Waals surface area (Å²) >= 11 is 5.61. The monoisotopic (exact) mass is 476 g/mol. The van der Waals surface area contributed by atoms with Crippen LogP contribution in [0, 0.1) is 13.8 Å². The van der Waals surface area contributed by atoms with Gasteiger partial charge < -0.3 is 9.13 Å². The lowest BCUT2D eigenvalue weighted by molar-refractivity contribution is -0.138. The maximum atomic E-state index is 13.1. The van der Waals surface area contributed by atoms with E-state index in [9.17, 15) is 35.9 Å². The van der Waals surface area contributed by atoms with Gasteiger partial charge in [-0.25, -0.2) is 0 Å². The predicted octanol–water partition coefficient (Wildman–Crippen LogP) is 5.83. The molecule has 170 valence electrons. The second-order valence-corrected chi connectivity index (χ2v) is 7.51. The predicted molar refractivity (Wildman–Crippen MR) is 105 cm³/mol. The molecule has 0 aliphatic rings. The van der Waals surface area contributed by atoms with Crippen molar-refractivity contribution in [1.82, 2.24) is 9.13 Å². The Morgan fingerprint density at radius 1 is 0.969 bits per heavy atom. The van der Waals surface area contributed by atoms with E-state index >= 15 is 0 Å². The second kappa shape index (κ2) is 8.16. The van der Waals surface area contributed by atoms with Gasteiger partial charge in [0, 0.05) is 28.8 Å². The Labute approximate surface area is 182 Å². The Kier molecular flexibility index (Phi) is 6.03. The van der Waals surface area contributed by atoms with E-state index < -0.39 is 46.4 Å². The minimum atomic E-state index is -4.78. The number of aryl methyl sites for hydroxylation is 1. The van der Waals surface area contributed by atoms with Gasteiger partial charge in [-0.15, -0.1) is 0 Å². The number of nitrogens with zero attached hydrogens (tertiary/aromatic N) is 2. The lowest BCUT2D eigenvalue weighted by Gasteiger charge is -2.13. The first kappa shape index (κ1) is 23.6. The molecule has 0 amide bonds. The van der Waals surface area contributed by atoms with Gasteiger partial charge in [-0.2, -0.15) is 26.3 Å². The lowest BCUT2D eigenvalue weighted by Crippen LogP contribution is -2.26. The summed E-state index contributed by atoms with van der Waals surface area (Å²) in [6.45, 7) is 2.33. The number of benzene rings is 1. The number of hydrogen-bond donors (Lipinski definition) is 0. The zero-order chi connectivity index (χ0) is 24.0. The van der Waals surface area contributed by atoms with E-state index in [-0.39, 0.29) is 16.9 Å². The van der Waals surface area contributed by atoms with Crippen molar-refractivity contribution in [3.63, 3.8) is 0 Å². The average Bonchev–Trinajstić information content (AvgIpc) is 2.98. The highest BCUT2D eigenvalue weighted by molar-refractivity contribution is 6.30. The summed E-state index contributed by atoms with van der Waals surface area (Å²) in [4.78, 5) is 24.9. The fourth-order valence-electron chi connectivity index (χ4n) is 3.38. The minimum absolute atomic E-state index is 0.0559. The van der Waals surface area contributed by atoms with E-state index in [0.717, 1.165) is 12.1 Å². The van der Waals surface area contributed by atoms with Crippen LogP contribution in [0.4, 0.5) is 26.3 Å². The summed E-state index contributed by atoms with van der Waals surface area (Å²) in [5, 5.41) is -0.693. The molecular weight excluding hydrogens is 462 g/mol. The topological polar surface area (TPSA) is 44.0 Å². The van der Waals surface area contributed by atoms with Crippen LogP contribution in [0.1, 0.15) is 32.9 Å². The molecule has 0 aliphatic heterocycles. The van der Waals surface area contributed by atoms with Gasteiger partial charge in [-0.05, 0) is 44.2 Å². The molecule has 0 aliphatic carbocycles. The summed E-state index contributed by atoms with van der Waals surface area (Å²) in [5.74, 6) is -0.700. The molecule has 1 aromatic carbocycles. The van der Waals surface area contributed by atoms with E-state index in [1.807, 2.05) is 0 Å². The molecule has 3 rings (SSSR count). The molecule has 0 fully saturated rings. The Morgan fingerprint density at radius 2 is 1.59 bits per heavy atom. The molecule has 0 atom stereocenters. The molecule has 2 heterocycles. The van der Waals surface area contributed by atoms with Crippen molar-refractivity contribution in [1.29, 1.82) is 0 Å². The van der Waals surface area contributed by atoms with Crippen LogP contribution in [0.2, 0.25) is 5.02 Å². The number of carbonyl (C=O) groups excluding carboxylic acids is 1. The number of carbonyl (C=O) groups is 1. The molecular formula is C21H15ClF6N2O2. The SMILES string of the molecule is Cc1cc(C(=O)Cn2cc(C(F)(F)F)cc(Cl)c2=O)c(C)n1-c1cccc(C(F)(F)F)c1. The van der Waals surface area contributed by atoms with Crippen LogP contribution >= 0.6 is 11.6 Å². The lowest BCUT2D eigenvalue weighted by atomic mass is 10.1. The van der Waals surface area contributed by atoms with Crippen LogP contribution in [-0.2, 0) is 18.9 Å². The summed E-state index contributed by atoms with van der Waals surface area (Å²) in [7, 11) is 0. The second-order valence-electron chi connectivity index (χ2n) is 7.10. The Balaban J connectivity index is 2.01. The van der Waals surface area contributed by atoms with Crippen molar-refractivity contribution in [3.8, 4) is 5.69 Å². The van der Waals surface area contributed by atoms with E-state index in [1.165, 1.54) is 29.7 Å². The van der Waals surface area contributed by atoms with E-state index in [0.29, 0.717) is 22.5 Å². The molecule has 0 spiro atoms. The third kappa shape index (κ3) is 4.59. The van der Waals surface area contributed by atoms with Gasteiger partial charge in [0.1, 0.15) is 5.02 Å². The number of hydrogen-bond acceptors (Lipinski definition) is 2. The quantitative estimate of drug-likeness (QED) is 0.351. The highest BCUT2D eigenvalue weighted by Gasteiger charge is 2.33. The minimum Gasteiger partial charge on any atom is -0.318 e. The summed E-state index contributed by atoms with van der Waals surface area (Å²) in [5.41, 5.74) is -2.12. The first-order valence-electron chi connectivity index (χ1n) is 9.07. The van der Waals surface area contributed by atoms with Gasteiger partial charge >= 0.3 is 12.4 Å². The average molecular weight is 477 g/mol. The first-order chi connectivity index (χ1) is 14.7. The maximum Gasteiger partial charge on any atom is 0.417 e. The van der Waals surface area contributed by atoms with Crippen LogP contribution in [0.5, 0.6) is 0 Å². The van der Waals surface area contributed by atoms with E-state index in [1.54, 1.807) is 6.92 Å². The maximum absolute atomic E-state index is 13.1. The van der Waals surface area contributed by atoms with Crippen LogP contribution in [0.15, 0.2) is 47.4 Å². The zero-order valence-electron chi connectivity index (χ0n) is 16.6. The first-order valence-corrected chi connectivity index (χ1v) is 9.45. The van der Waals surface area contributed by atoms with E-state index in [2.05, 4.69) is 0 Å². The highest BCUT2D eigenvalue weighted by Crippen LogP contribution is 2.32.